The molecule has 1 unspecified atom stereocenters. The molecule has 0 spiro atoms. The number of fused-ring (bicyclic) bond motifs is 1. The van der Waals surface area contributed by atoms with Crippen molar-refractivity contribution >= 4 is 34.7 Å². The second-order valence-electron chi connectivity index (χ2n) is 7.06. The monoisotopic (exact) mass is 432 g/mol. The molecule has 30 heavy (non-hydrogen) atoms. The number of aromatic nitrogens is 4. The van der Waals surface area contributed by atoms with Crippen LogP contribution in [0.3, 0.4) is 0 Å². The molecule has 1 atom stereocenters. The Kier molecular flexibility index (Phi) is 5.98. The number of pyridine rings is 1. The molecule has 1 aliphatic rings. The molecule has 1 N–H and O–H groups in total. The summed E-state index contributed by atoms with van der Waals surface area (Å²) >= 11 is 5.66. The lowest BCUT2D eigenvalue weighted by molar-refractivity contribution is -0.116. The van der Waals surface area contributed by atoms with Gasteiger partial charge in [0.05, 0.1) is 25.5 Å². The molecule has 0 aliphatic carbocycles. The van der Waals surface area contributed by atoms with E-state index >= 15 is 0 Å². The number of carbonyl (C=O) groups is 1. The highest BCUT2D eigenvalue weighted by molar-refractivity contribution is 6.18. The third kappa shape index (κ3) is 4.02. The number of halogens is 2. The number of ether oxygens (including phenoxy) is 1. The standard InChI is InChI=1S/C20H22ClFN6O2/c1-30-20-14(10-13(22)11-23-20)16-4-3-8-27(16)17-6-9-28-19(26-17)15(12-24-28)25-18(29)5-2-7-21/h6,9-12,16H,2-5,7-8H2,1H3,(H,25,29). The van der Waals surface area contributed by atoms with Gasteiger partial charge in [-0.3, -0.25) is 4.79 Å². The maximum Gasteiger partial charge on any atom is 0.224 e. The van der Waals surface area contributed by atoms with E-state index in [1.165, 1.54) is 13.2 Å². The Bertz CT molecular complexity index is 1060. The largest absolute Gasteiger partial charge is 0.481 e. The zero-order chi connectivity index (χ0) is 21.1. The third-order valence-electron chi connectivity index (χ3n) is 5.11. The average molecular weight is 433 g/mol. The van der Waals surface area contributed by atoms with Gasteiger partial charge in [-0.2, -0.15) is 5.10 Å². The fourth-order valence-electron chi connectivity index (χ4n) is 3.76. The van der Waals surface area contributed by atoms with Gasteiger partial charge in [0.2, 0.25) is 11.8 Å². The average Bonchev–Trinajstić information content (AvgIpc) is 3.39. The Balaban J connectivity index is 1.65. The molecule has 8 nitrogen and oxygen atoms in total. The van der Waals surface area contributed by atoms with Crippen molar-refractivity contribution in [1.29, 1.82) is 0 Å². The van der Waals surface area contributed by atoms with Crippen molar-refractivity contribution in [3.8, 4) is 5.88 Å². The predicted molar refractivity (Wildman–Crippen MR) is 112 cm³/mol. The summed E-state index contributed by atoms with van der Waals surface area (Å²) in [7, 11) is 1.53. The second kappa shape index (κ2) is 8.83. The molecule has 0 saturated carbocycles. The number of anilines is 2. The molecule has 0 bridgehead atoms. The molecule has 10 heteroatoms. The van der Waals surface area contributed by atoms with Gasteiger partial charge >= 0.3 is 0 Å². The van der Waals surface area contributed by atoms with E-state index in [-0.39, 0.29) is 11.9 Å². The Hall–Kier alpha value is -2.94. The van der Waals surface area contributed by atoms with Gasteiger partial charge in [-0.25, -0.2) is 18.9 Å². The van der Waals surface area contributed by atoms with E-state index in [1.54, 1.807) is 16.9 Å². The van der Waals surface area contributed by atoms with Crippen molar-refractivity contribution in [1.82, 2.24) is 19.6 Å². The number of nitrogens with one attached hydrogen (secondary N) is 1. The summed E-state index contributed by atoms with van der Waals surface area (Å²) < 4.78 is 20.8. The summed E-state index contributed by atoms with van der Waals surface area (Å²) in [6.45, 7) is 0.763. The van der Waals surface area contributed by atoms with Crippen molar-refractivity contribution in [2.75, 3.05) is 29.8 Å². The van der Waals surface area contributed by atoms with E-state index in [9.17, 15) is 9.18 Å². The Morgan fingerprint density at radius 2 is 2.30 bits per heavy atom. The first-order chi connectivity index (χ1) is 14.6. The molecule has 1 saturated heterocycles. The van der Waals surface area contributed by atoms with E-state index in [2.05, 4.69) is 20.3 Å². The summed E-state index contributed by atoms with van der Waals surface area (Å²) in [5.41, 5.74) is 1.78. The van der Waals surface area contributed by atoms with Gasteiger partial charge in [-0.05, 0) is 31.4 Å². The topological polar surface area (TPSA) is 84.6 Å². The first kappa shape index (κ1) is 20.3. The number of hydrogen-bond donors (Lipinski definition) is 1. The van der Waals surface area contributed by atoms with Crippen LogP contribution < -0.4 is 15.0 Å². The second-order valence-corrected chi connectivity index (χ2v) is 7.43. The van der Waals surface area contributed by atoms with Crippen LogP contribution in [0.4, 0.5) is 15.9 Å². The van der Waals surface area contributed by atoms with Gasteiger partial charge in [0.15, 0.2) is 5.65 Å². The van der Waals surface area contributed by atoms with E-state index in [1.807, 2.05) is 6.07 Å². The number of carbonyl (C=O) groups excluding carboxylic acids is 1. The Morgan fingerprint density at radius 3 is 3.10 bits per heavy atom. The summed E-state index contributed by atoms with van der Waals surface area (Å²) in [4.78, 5) is 23.0. The highest BCUT2D eigenvalue weighted by Crippen LogP contribution is 2.39. The lowest BCUT2D eigenvalue weighted by atomic mass is 10.1. The number of methoxy groups -OCH3 is 1. The number of rotatable bonds is 7. The van der Waals surface area contributed by atoms with Crippen LogP contribution in [0.2, 0.25) is 0 Å². The zero-order valence-electron chi connectivity index (χ0n) is 16.5. The fraction of sp³-hybridized carbons (Fsp3) is 0.400. The summed E-state index contributed by atoms with van der Waals surface area (Å²) in [5, 5.41) is 7.10. The fourth-order valence-corrected chi connectivity index (χ4v) is 3.90. The summed E-state index contributed by atoms with van der Waals surface area (Å²) in [6, 6.07) is 3.22. The van der Waals surface area contributed by atoms with Crippen molar-refractivity contribution in [3.63, 3.8) is 0 Å². The van der Waals surface area contributed by atoms with Crippen LogP contribution in [0.5, 0.6) is 5.88 Å². The number of hydrogen-bond acceptors (Lipinski definition) is 6. The van der Waals surface area contributed by atoms with Crippen molar-refractivity contribution < 1.29 is 13.9 Å². The molecule has 4 rings (SSSR count). The normalized spacial score (nSPS) is 16.2. The van der Waals surface area contributed by atoms with Gasteiger partial charge in [-0.15, -0.1) is 11.6 Å². The lowest BCUT2D eigenvalue weighted by Crippen LogP contribution is -2.24. The maximum atomic E-state index is 13.9. The van der Waals surface area contributed by atoms with Crippen molar-refractivity contribution in [3.05, 3.63) is 42.1 Å². The SMILES string of the molecule is COc1ncc(F)cc1C1CCCN1c1ccn2ncc(NC(=O)CCCCl)c2n1. The highest BCUT2D eigenvalue weighted by atomic mass is 35.5. The first-order valence-electron chi connectivity index (χ1n) is 9.77. The van der Waals surface area contributed by atoms with E-state index in [4.69, 9.17) is 21.3 Å². The summed E-state index contributed by atoms with van der Waals surface area (Å²) in [6.07, 6.45) is 7.21. The molecule has 1 fully saturated rings. The minimum absolute atomic E-state index is 0.109. The van der Waals surface area contributed by atoms with Gasteiger partial charge < -0.3 is 15.0 Å². The molecule has 0 aromatic carbocycles. The third-order valence-corrected chi connectivity index (χ3v) is 5.38. The predicted octanol–water partition coefficient (Wildman–Crippen LogP) is 3.57. The van der Waals surface area contributed by atoms with Crippen LogP contribution in [0.15, 0.2) is 30.7 Å². The molecule has 158 valence electrons. The minimum Gasteiger partial charge on any atom is -0.481 e. The molecule has 3 aromatic heterocycles. The molecule has 0 radical (unpaired) electrons. The van der Waals surface area contributed by atoms with Crippen LogP contribution in [-0.4, -0.2) is 45.0 Å². The Labute approximate surface area is 178 Å². The Morgan fingerprint density at radius 1 is 1.43 bits per heavy atom. The van der Waals surface area contributed by atoms with Crippen LogP contribution in [0, 0.1) is 5.82 Å². The molecule has 1 amide bonds. The van der Waals surface area contributed by atoms with E-state index in [0.29, 0.717) is 47.3 Å². The maximum absolute atomic E-state index is 13.9. The number of alkyl halides is 1. The number of nitrogens with zero attached hydrogens (tertiary/aromatic N) is 5. The van der Waals surface area contributed by atoms with Crippen LogP contribution in [0.1, 0.15) is 37.3 Å². The van der Waals surface area contributed by atoms with E-state index in [0.717, 1.165) is 25.6 Å². The van der Waals surface area contributed by atoms with Gasteiger partial charge in [-0.1, -0.05) is 0 Å². The molecule has 1 aliphatic heterocycles. The van der Waals surface area contributed by atoms with Gasteiger partial charge in [0.25, 0.3) is 0 Å². The number of amides is 1. The van der Waals surface area contributed by atoms with Crippen molar-refractivity contribution in [2.45, 2.75) is 31.7 Å². The van der Waals surface area contributed by atoms with Crippen LogP contribution >= 0.6 is 11.6 Å². The van der Waals surface area contributed by atoms with Gasteiger partial charge in [0, 0.05) is 30.6 Å². The smallest absolute Gasteiger partial charge is 0.224 e. The first-order valence-corrected chi connectivity index (χ1v) is 10.3. The van der Waals surface area contributed by atoms with Crippen molar-refractivity contribution in [2.24, 2.45) is 0 Å². The molecule has 3 aromatic rings. The quantitative estimate of drug-likeness (QED) is 0.574. The highest BCUT2D eigenvalue weighted by Gasteiger charge is 2.30. The lowest BCUT2D eigenvalue weighted by Gasteiger charge is -2.27. The molecular weight excluding hydrogens is 411 g/mol. The molecular formula is C20H22ClFN6O2. The van der Waals surface area contributed by atoms with E-state index < -0.39 is 5.82 Å². The van der Waals surface area contributed by atoms with Crippen LogP contribution in [-0.2, 0) is 4.79 Å². The van der Waals surface area contributed by atoms with Crippen LogP contribution in [0.25, 0.3) is 5.65 Å². The summed E-state index contributed by atoms with van der Waals surface area (Å²) in [5.74, 6) is 1.02. The molecule has 4 heterocycles. The van der Waals surface area contributed by atoms with Gasteiger partial charge in [0.1, 0.15) is 17.3 Å². The zero-order valence-corrected chi connectivity index (χ0v) is 17.3. The minimum atomic E-state index is -0.404.